The number of amides is 3. The topological polar surface area (TPSA) is 112 Å². The van der Waals surface area contributed by atoms with E-state index in [1.807, 2.05) is 25.1 Å². The summed E-state index contributed by atoms with van der Waals surface area (Å²) >= 11 is 0. The Morgan fingerprint density at radius 2 is 1.90 bits per heavy atom. The second kappa shape index (κ2) is 12.6. The van der Waals surface area contributed by atoms with Gasteiger partial charge in [-0.2, -0.15) is 5.26 Å². The van der Waals surface area contributed by atoms with Gasteiger partial charge in [0, 0.05) is 6.54 Å². The number of unbranched alkanes of at least 4 members (excludes halogenated alkanes) is 2. The van der Waals surface area contributed by atoms with Crippen LogP contribution in [0.5, 0.6) is 0 Å². The van der Waals surface area contributed by atoms with Gasteiger partial charge in [0.05, 0.1) is 6.07 Å². The van der Waals surface area contributed by atoms with Crippen LogP contribution in [0.15, 0.2) is 24.3 Å². The van der Waals surface area contributed by atoms with Gasteiger partial charge in [-0.05, 0) is 39.7 Å². The third-order valence-corrected chi connectivity index (χ3v) is 4.34. The SMILES string of the molecule is CCCCCNC(=O)C(c1cccc(C)c1)N(CC#N)C(=O)CNC(=O)OC(C)(C)C. The van der Waals surface area contributed by atoms with E-state index < -0.39 is 23.6 Å². The molecule has 0 aromatic heterocycles. The molecule has 0 fully saturated rings. The molecule has 31 heavy (non-hydrogen) atoms. The van der Waals surface area contributed by atoms with Gasteiger partial charge in [-0.1, -0.05) is 49.6 Å². The summed E-state index contributed by atoms with van der Waals surface area (Å²) in [5.41, 5.74) is 0.827. The van der Waals surface area contributed by atoms with Crippen molar-refractivity contribution >= 4 is 17.9 Å². The van der Waals surface area contributed by atoms with Gasteiger partial charge < -0.3 is 20.3 Å². The van der Waals surface area contributed by atoms with Crippen LogP contribution in [-0.2, 0) is 14.3 Å². The number of aryl methyl sites for hydroxylation is 1. The number of nitriles is 1. The number of rotatable bonds is 10. The Kier molecular flexibility index (Phi) is 10.5. The van der Waals surface area contributed by atoms with Gasteiger partial charge in [0.15, 0.2) is 0 Å². The summed E-state index contributed by atoms with van der Waals surface area (Å²) in [7, 11) is 0. The number of hydrogen-bond donors (Lipinski definition) is 2. The Balaban J connectivity index is 3.06. The van der Waals surface area contributed by atoms with Crippen molar-refractivity contribution in [1.82, 2.24) is 15.5 Å². The maximum Gasteiger partial charge on any atom is 0.408 e. The Labute approximate surface area is 184 Å². The van der Waals surface area contributed by atoms with Gasteiger partial charge in [0.1, 0.15) is 24.7 Å². The summed E-state index contributed by atoms with van der Waals surface area (Å²) in [6.07, 6.45) is 2.09. The summed E-state index contributed by atoms with van der Waals surface area (Å²) in [5, 5.41) is 14.6. The summed E-state index contributed by atoms with van der Waals surface area (Å²) in [6.45, 7) is 8.91. The number of nitrogens with one attached hydrogen (secondary N) is 2. The van der Waals surface area contributed by atoms with E-state index in [0.717, 1.165) is 24.8 Å². The average molecular weight is 431 g/mol. The maximum atomic E-state index is 13.0. The zero-order valence-electron chi connectivity index (χ0n) is 19.2. The highest BCUT2D eigenvalue weighted by Gasteiger charge is 2.31. The zero-order valence-corrected chi connectivity index (χ0v) is 19.2. The molecule has 3 amide bonds. The fourth-order valence-electron chi connectivity index (χ4n) is 2.96. The molecule has 1 aromatic rings. The van der Waals surface area contributed by atoms with E-state index >= 15 is 0 Å². The molecule has 2 N–H and O–H groups in total. The quantitative estimate of drug-likeness (QED) is 0.437. The minimum absolute atomic E-state index is 0.296. The highest BCUT2D eigenvalue weighted by Crippen LogP contribution is 2.22. The maximum absolute atomic E-state index is 13.0. The molecule has 0 aliphatic rings. The van der Waals surface area contributed by atoms with Crippen LogP contribution in [0.3, 0.4) is 0 Å². The fraction of sp³-hybridized carbons (Fsp3) is 0.565. The first-order chi connectivity index (χ1) is 14.6. The molecule has 0 bridgehead atoms. The van der Waals surface area contributed by atoms with E-state index in [1.54, 1.807) is 32.9 Å². The first-order valence-corrected chi connectivity index (χ1v) is 10.6. The lowest BCUT2D eigenvalue weighted by Gasteiger charge is -2.30. The minimum Gasteiger partial charge on any atom is -0.444 e. The van der Waals surface area contributed by atoms with E-state index in [9.17, 15) is 19.6 Å². The van der Waals surface area contributed by atoms with Crippen LogP contribution in [-0.4, -0.2) is 48.0 Å². The number of nitrogens with zero attached hydrogens (tertiary/aromatic N) is 2. The molecule has 170 valence electrons. The molecule has 0 aliphatic heterocycles. The smallest absolute Gasteiger partial charge is 0.408 e. The largest absolute Gasteiger partial charge is 0.444 e. The lowest BCUT2D eigenvalue weighted by molar-refractivity contribution is -0.139. The summed E-state index contributed by atoms with van der Waals surface area (Å²) in [6, 6.07) is 8.23. The fourth-order valence-corrected chi connectivity index (χ4v) is 2.96. The molecule has 0 spiro atoms. The third kappa shape index (κ3) is 9.51. The van der Waals surface area contributed by atoms with Crippen LogP contribution in [0.4, 0.5) is 4.79 Å². The molecule has 0 heterocycles. The number of alkyl carbamates (subject to hydrolysis) is 1. The van der Waals surface area contributed by atoms with Gasteiger partial charge in [-0.3, -0.25) is 9.59 Å². The predicted molar refractivity (Wildman–Crippen MR) is 118 cm³/mol. The molecule has 8 nitrogen and oxygen atoms in total. The van der Waals surface area contributed by atoms with Crippen molar-refractivity contribution in [1.29, 1.82) is 5.26 Å². The lowest BCUT2D eigenvalue weighted by atomic mass is 10.0. The molecular weight excluding hydrogens is 396 g/mol. The number of carbonyl (C=O) groups is 3. The van der Waals surface area contributed by atoms with Crippen molar-refractivity contribution in [3.05, 3.63) is 35.4 Å². The van der Waals surface area contributed by atoms with E-state index in [4.69, 9.17) is 4.74 Å². The minimum atomic E-state index is -0.978. The first-order valence-electron chi connectivity index (χ1n) is 10.6. The van der Waals surface area contributed by atoms with E-state index in [-0.39, 0.29) is 19.0 Å². The van der Waals surface area contributed by atoms with E-state index in [2.05, 4.69) is 17.6 Å². The molecule has 0 aliphatic carbocycles. The van der Waals surface area contributed by atoms with Crippen LogP contribution in [0.1, 0.15) is 64.1 Å². The van der Waals surface area contributed by atoms with Gasteiger partial charge in [0.2, 0.25) is 11.8 Å². The standard InChI is InChI=1S/C23H34N4O4/c1-6-7-8-13-25-21(29)20(18-11-9-10-17(2)15-18)27(14-12-24)19(28)16-26-22(30)31-23(3,4)5/h9-11,15,20H,6-8,13-14,16H2,1-5H3,(H,25,29)(H,26,30). The molecule has 1 atom stereocenters. The van der Waals surface area contributed by atoms with Crippen LogP contribution >= 0.6 is 0 Å². The molecule has 1 rings (SSSR count). The van der Waals surface area contributed by atoms with Crippen molar-refractivity contribution < 1.29 is 19.1 Å². The monoisotopic (exact) mass is 430 g/mol. The lowest BCUT2D eigenvalue weighted by Crippen LogP contribution is -2.48. The van der Waals surface area contributed by atoms with Crippen molar-refractivity contribution in [2.24, 2.45) is 0 Å². The summed E-state index contributed by atoms with van der Waals surface area (Å²) in [4.78, 5) is 39.0. The second-order valence-corrected chi connectivity index (χ2v) is 8.35. The summed E-state index contributed by atoms with van der Waals surface area (Å²) in [5.74, 6) is -0.912. The van der Waals surface area contributed by atoms with Crippen molar-refractivity contribution in [3.8, 4) is 6.07 Å². The molecule has 1 unspecified atom stereocenters. The van der Waals surface area contributed by atoms with Gasteiger partial charge in [-0.15, -0.1) is 0 Å². The van der Waals surface area contributed by atoms with Crippen molar-refractivity contribution in [3.63, 3.8) is 0 Å². The highest BCUT2D eigenvalue weighted by molar-refractivity contribution is 5.90. The van der Waals surface area contributed by atoms with Crippen LogP contribution < -0.4 is 10.6 Å². The van der Waals surface area contributed by atoms with Gasteiger partial charge in [0.25, 0.3) is 0 Å². The predicted octanol–water partition coefficient (Wildman–Crippen LogP) is 3.22. The summed E-state index contributed by atoms with van der Waals surface area (Å²) < 4.78 is 5.15. The molecule has 0 saturated carbocycles. The van der Waals surface area contributed by atoms with Crippen molar-refractivity contribution in [2.45, 2.75) is 65.5 Å². The molecular formula is C23H34N4O4. The number of benzene rings is 1. The number of carbonyl (C=O) groups excluding carboxylic acids is 3. The van der Waals surface area contributed by atoms with Gasteiger partial charge >= 0.3 is 6.09 Å². The van der Waals surface area contributed by atoms with Gasteiger partial charge in [-0.25, -0.2) is 4.79 Å². The Hall–Kier alpha value is -3.08. The molecule has 8 heteroatoms. The molecule has 0 radical (unpaired) electrons. The Bertz CT molecular complexity index is 796. The Morgan fingerprint density at radius 3 is 2.48 bits per heavy atom. The normalized spacial score (nSPS) is 11.7. The van der Waals surface area contributed by atoms with E-state index in [1.165, 1.54) is 4.90 Å². The Morgan fingerprint density at radius 1 is 1.19 bits per heavy atom. The first kappa shape index (κ1) is 26.0. The van der Waals surface area contributed by atoms with Crippen molar-refractivity contribution in [2.75, 3.05) is 19.6 Å². The average Bonchev–Trinajstić information content (AvgIpc) is 2.68. The van der Waals surface area contributed by atoms with E-state index in [0.29, 0.717) is 12.1 Å². The number of hydrogen-bond acceptors (Lipinski definition) is 5. The van der Waals surface area contributed by atoms with Crippen LogP contribution in [0, 0.1) is 18.3 Å². The second-order valence-electron chi connectivity index (χ2n) is 8.35. The zero-order chi connectivity index (χ0) is 23.4. The molecule has 1 aromatic carbocycles. The highest BCUT2D eigenvalue weighted by atomic mass is 16.6. The van der Waals surface area contributed by atoms with Crippen LogP contribution in [0.25, 0.3) is 0 Å². The molecule has 0 saturated heterocycles. The number of ether oxygens (including phenoxy) is 1. The van der Waals surface area contributed by atoms with Crippen LogP contribution in [0.2, 0.25) is 0 Å². The third-order valence-electron chi connectivity index (χ3n) is 4.34.